The number of carbonyl (C=O) groups is 1. The van der Waals surface area contributed by atoms with Gasteiger partial charge in [-0.2, -0.15) is 0 Å². The highest BCUT2D eigenvalue weighted by Crippen LogP contribution is 2.18. The van der Waals surface area contributed by atoms with E-state index in [4.69, 9.17) is 10.8 Å². The van der Waals surface area contributed by atoms with Crippen LogP contribution in [0, 0.1) is 11.8 Å². The van der Waals surface area contributed by atoms with E-state index >= 15 is 0 Å². The van der Waals surface area contributed by atoms with Gasteiger partial charge in [0, 0.05) is 6.54 Å². The molecule has 0 aromatic carbocycles. The zero-order valence-corrected chi connectivity index (χ0v) is 9.33. The SMILES string of the molecule is CCCCC[C@@H](C)C[C@H](CN)C(=O)O. The lowest BCUT2D eigenvalue weighted by molar-refractivity contribution is -0.141. The normalized spacial score (nSPS) is 15.1. The fourth-order valence-electron chi connectivity index (χ4n) is 1.64. The van der Waals surface area contributed by atoms with Crippen molar-refractivity contribution in [2.24, 2.45) is 17.6 Å². The van der Waals surface area contributed by atoms with Crippen LogP contribution in [0.15, 0.2) is 0 Å². The molecule has 2 atom stereocenters. The third-order valence-corrected chi connectivity index (χ3v) is 2.62. The second-order valence-electron chi connectivity index (χ2n) is 4.11. The molecule has 0 saturated heterocycles. The van der Waals surface area contributed by atoms with E-state index in [-0.39, 0.29) is 12.5 Å². The summed E-state index contributed by atoms with van der Waals surface area (Å²) in [5, 5.41) is 8.81. The van der Waals surface area contributed by atoms with E-state index < -0.39 is 5.97 Å². The van der Waals surface area contributed by atoms with E-state index in [1.165, 1.54) is 19.3 Å². The Morgan fingerprint density at radius 1 is 1.43 bits per heavy atom. The molecule has 0 aliphatic heterocycles. The fourth-order valence-corrected chi connectivity index (χ4v) is 1.64. The van der Waals surface area contributed by atoms with Crippen molar-refractivity contribution in [2.75, 3.05) is 6.54 Å². The van der Waals surface area contributed by atoms with Crippen LogP contribution in [0.3, 0.4) is 0 Å². The third kappa shape index (κ3) is 5.97. The Kier molecular flexibility index (Phi) is 7.48. The first kappa shape index (κ1) is 13.4. The van der Waals surface area contributed by atoms with Gasteiger partial charge >= 0.3 is 5.97 Å². The monoisotopic (exact) mass is 201 g/mol. The summed E-state index contributed by atoms with van der Waals surface area (Å²) >= 11 is 0. The molecule has 0 radical (unpaired) electrons. The van der Waals surface area contributed by atoms with E-state index in [9.17, 15) is 4.79 Å². The van der Waals surface area contributed by atoms with Gasteiger partial charge in [0.25, 0.3) is 0 Å². The highest BCUT2D eigenvalue weighted by Gasteiger charge is 2.18. The molecule has 0 rings (SSSR count). The summed E-state index contributed by atoms with van der Waals surface area (Å²) in [4.78, 5) is 10.7. The molecule has 0 bridgehead atoms. The molecule has 0 heterocycles. The van der Waals surface area contributed by atoms with Crippen LogP contribution in [0.5, 0.6) is 0 Å². The van der Waals surface area contributed by atoms with Crippen LogP contribution < -0.4 is 5.73 Å². The maximum Gasteiger partial charge on any atom is 0.307 e. The van der Waals surface area contributed by atoms with E-state index in [0.29, 0.717) is 5.92 Å². The number of unbranched alkanes of at least 4 members (excludes halogenated alkanes) is 2. The second-order valence-corrected chi connectivity index (χ2v) is 4.11. The summed E-state index contributed by atoms with van der Waals surface area (Å²) in [6.07, 6.45) is 5.50. The van der Waals surface area contributed by atoms with Crippen molar-refractivity contribution < 1.29 is 9.90 Å². The number of carboxylic acid groups (broad SMARTS) is 1. The van der Waals surface area contributed by atoms with E-state index in [1.54, 1.807) is 0 Å². The van der Waals surface area contributed by atoms with Crippen LogP contribution in [-0.2, 0) is 4.79 Å². The Morgan fingerprint density at radius 3 is 2.50 bits per heavy atom. The first-order valence-electron chi connectivity index (χ1n) is 5.54. The average Bonchev–Trinajstić information content (AvgIpc) is 2.14. The van der Waals surface area contributed by atoms with Gasteiger partial charge in [-0.05, 0) is 12.3 Å². The molecule has 0 aromatic rings. The lowest BCUT2D eigenvalue weighted by Crippen LogP contribution is -2.25. The molecule has 0 unspecified atom stereocenters. The van der Waals surface area contributed by atoms with Crippen molar-refractivity contribution in [3.8, 4) is 0 Å². The minimum atomic E-state index is -0.755. The van der Waals surface area contributed by atoms with E-state index in [0.717, 1.165) is 12.8 Å². The number of carboxylic acids is 1. The fraction of sp³-hybridized carbons (Fsp3) is 0.909. The lowest BCUT2D eigenvalue weighted by Gasteiger charge is -2.15. The third-order valence-electron chi connectivity index (χ3n) is 2.62. The molecule has 3 nitrogen and oxygen atoms in total. The van der Waals surface area contributed by atoms with Gasteiger partial charge in [0.2, 0.25) is 0 Å². The summed E-state index contributed by atoms with van der Waals surface area (Å²) in [5.74, 6) is -0.632. The van der Waals surface area contributed by atoms with Gasteiger partial charge in [0.1, 0.15) is 0 Å². The Bertz CT molecular complexity index is 159. The van der Waals surface area contributed by atoms with Crippen molar-refractivity contribution in [3.63, 3.8) is 0 Å². The van der Waals surface area contributed by atoms with Crippen LogP contribution in [-0.4, -0.2) is 17.6 Å². The molecule has 0 saturated carbocycles. The summed E-state index contributed by atoms with van der Waals surface area (Å²) < 4.78 is 0. The van der Waals surface area contributed by atoms with Crippen LogP contribution in [0.1, 0.15) is 46.0 Å². The van der Waals surface area contributed by atoms with Gasteiger partial charge in [-0.15, -0.1) is 0 Å². The van der Waals surface area contributed by atoms with Crippen molar-refractivity contribution in [1.82, 2.24) is 0 Å². The van der Waals surface area contributed by atoms with Gasteiger partial charge in [-0.25, -0.2) is 0 Å². The molecule has 0 aromatic heterocycles. The standard InChI is InChI=1S/C11H23NO2/c1-3-4-5-6-9(2)7-10(8-12)11(13)14/h9-10H,3-8,12H2,1-2H3,(H,13,14)/t9-,10-/m1/s1. The second kappa shape index (κ2) is 7.80. The minimum Gasteiger partial charge on any atom is -0.481 e. The summed E-state index contributed by atoms with van der Waals surface area (Å²) in [6.45, 7) is 4.54. The first-order chi connectivity index (χ1) is 6.61. The molecule has 84 valence electrons. The summed E-state index contributed by atoms with van der Waals surface area (Å²) in [6, 6.07) is 0. The smallest absolute Gasteiger partial charge is 0.307 e. The Morgan fingerprint density at radius 2 is 2.07 bits per heavy atom. The zero-order chi connectivity index (χ0) is 11.0. The zero-order valence-electron chi connectivity index (χ0n) is 9.33. The van der Waals surface area contributed by atoms with Crippen LogP contribution >= 0.6 is 0 Å². The van der Waals surface area contributed by atoms with Crippen molar-refractivity contribution in [2.45, 2.75) is 46.0 Å². The first-order valence-corrected chi connectivity index (χ1v) is 5.54. The maximum atomic E-state index is 10.7. The molecule has 0 spiro atoms. The number of aliphatic carboxylic acids is 1. The van der Waals surface area contributed by atoms with Gasteiger partial charge in [-0.1, -0.05) is 39.5 Å². The lowest BCUT2D eigenvalue weighted by atomic mass is 9.92. The van der Waals surface area contributed by atoms with Crippen molar-refractivity contribution >= 4 is 5.97 Å². The Hall–Kier alpha value is -0.570. The van der Waals surface area contributed by atoms with Gasteiger partial charge in [0.05, 0.1) is 5.92 Å². The van der Waals surface area contributed by atoms with Gasteiger partial charge in [0.15, 0.2) is 0 Å². The average molecular weight is 201 g/mol. The van der Waals surface area contributed by atoms with Crippen LogP contribution in [0.25, 0.3) is 0 Å². The van der Waals surface area contributed by atoms with Crippen LogP contribution in [0.2, 0.25) is 0 Å². The molecular formula is C11H23NO2. The molecule has 0 aliphatic carbocycles. The predicted octanol–water partition coefficient (Wildman–Crippen LogP) is 2.25. The largest absolute Gasteiger partial charge is 0.481 e. The van der Waals surface area contributed by atoms with Crippen molar-refractivity contribution in [3.05, 3.63) is 0 Å². The van der Waals surface area contributed by atoms with E-state index in [1.807, 2.05) is 0 Å². The van der Waals surface area contributed by atoms with E-state index in [2.05, 4.69) is 13.8 Å². The molecular weight excluding hydrogens is 178 g/mol. The van der Waals surface area contributed by atoms with Gasteiger partial charge < -0.3 is 10.8 Å². The maximum absolute atomic E-state index is 10.7. The van der Waals surface area contributed by atoms with Crippen LogP contribution in [0.4, 0.5) is 0 Å². The van der Waals surface area contributed by atoms with Crippen molar-refractivity contribution in [1.29, 1.82) is 0 Å². The molecule has 3 N–H and O–H groups in total. The molecule has 14 heavy (non-hydrogen) atoms. The molecule has 3 heteroatoms. The summed E-state index contributed by atoms with van der Waals surface area (Å²) in [5.41, 5.74) is 5.40. The highest BCUT2D eigenvalue weighted by molar-refractivity contribution is 5.70. The number of rotatable bonds is 8. The quantitative estimate of drug-likeness (QED) is 0.592. The minimum absolute atomic E-state index is 0.257. The molecule has 0 aliphatic rings. The highest BCUT2D eigenvalue weighted by atomic mass is 16.4. The number of hydrogen-bond donors (Lipinski definition) is 2. The summed E-state index contributed by atoms with van der Waals surface area (Å²) in [7, 11) is 0. The number of nitrogens with two attached hydrogens (primary N) is 1. The topological polar surface area (TPSA) is 63.3 Å². The predicted molar refractivity (Wildman–Crippen MR) is 58.1 cm³/mol. The Balaban J connectivity index is 3.67. The Labute approximate surface area is 86.7 Å². The molecule has 0 amide bonds. The number of hydrogen-bond acceptors (Lipinski definition) is 2. The van der Waals surface area contributed by atoms with Gasteiger partial charge in [-0.3, -0.25) is 4.79 Å². The molecule has 0 fully saturated rings.